The van der Waals surface area contributed by atoms with E-state index in [0.29, 0.717) is 77.6 Å². The van der Waals surface area contributed by atoms with Crippen molar-refractivity contribution in [1.29, 1.82) is 0 Å². The van der Waals surface area contributed by atoms with Crippen molar-refractivity contribution in [1.82, 2.24) is 0 Å². The smallest absolute Gasteiger partial charge is 0.262 e. The molecule has 0 amide bonds. The normalized spacial score (nSPS) is 13.6. The van der Waals surface area contributed by atoms with E-state index in [1.807, 2.05) is 0 Å². The Kier molecular flexibility index (Phi) is 7.39. The van der Waals surface area contributed by atoms with Crippen molar-refractivity contribution in [2.45, 2.75) is 107 Å². The first-order valence-corrected chi connectivity index (χ1v) is 15.4. The molecule has 1 N–H and O–H groups in total. The van der Waals surface area contributed by atoms with Crippen LogP contribution in [0.2, 0.25) is 5.02 Å². The van der Waals surface area contributed by atoms with Crippen LogP contribution in [-0.4, -0.2) is 14.2 Å². The zero-order chi connectivity index (χ0) is 34.2. The third-order valence-corrected chi connectivity index (χ3v) is 11.0. The second-order valence-corrected chi connectivity index (χ2v) is 13.8. The number of aromatic nitrogens is 1. The van der Waals surface area contributed by atoms with Gasteiger partial charge in [0.05, 0.1) is 16.1 Å². The highest BCUT2D eigenvalue weighted by molar-refractivity contribution is 7.92. The van der Waals surface area contributed by atoms with Crippen molar-refractivity contribution in [2.24, 2.45) is 0 Å². The first kappa shape index (κ1) is 28.2. The number of nitrogens with zero attached hydrogens (tertiary/aromatic N) is 1. The minimum absolute atomic E-state index is 0.0341. The third kappa shape index (κ3) is 5.16. The second-order valence-electron chi connectivity index (χ2n) is 11.8. The summed E-state index contributed by atoms with van der Waals surface area (Å²) >= 11 is 6.71. The molecule has 2 aromatic carbocycles. The predicted octanol–water partition coefficient (Wildman–Crippen LogP) is 7.70. The summed E-state index contributed by atoms with van der Waals surface area (Å²) in [6, 6.07) is 0. The minimum Gasteiger partial charge on any atom is -0.618 e. The van der Waals surface area contributed by atoms with E-state index < -0.39 is 28.1 Å². The zero-order valence-corrected chi connectivity index (χ0v) is 27.9. The number of nitrogens with one attached hydrogen (secondary N) is 1. The van der Waals surface area contributed by atoms with Crippen LogP contribution in [0.3, 0.4) is 0 Å². The lowest BCUT2D eigenvalue weighted by molar-refractivity contribution is -0.619. The van der Waals surface area contributed by atoms with E-state index in [1.165, 1.54) is 0 Å². The summed E-state index contributed by atoms with van der Waals surface area (Å²) in [5, 5.41) is 13.0. The Hall–Kier alpha value is -2.90. The average molecular weight is 602 g/mol. The third-order valence-electron chi connectivity index (χ3n) is 8.81. The molecule has 222 valence electrons. The molecule has 0 aliphatic rings. The van der Waals surface area contributed by atoms with Gasteiger partial charge in [-0.25, -0.2) is 8.42 Å². The van der Waals surface area contributed by atoms with Crippen molar-refractivity contribution in [3.8, 4) is 0 Å². The number of carbonyl (C=O) groups excluding carboxylic acids is 1. The first-order chi connectivity index (χ1) is 19.8. The highest BCUT2D eigenvalue weighted by atomic mass is 35.5. The van der Waals surface area contributed by atoms with Crippen molar-refractivity contribution in [3.05, 3.63) is 88.4 Å². The summed E-state index contributed by atoms with van der Waals surface area (Å²) in [6.07, 6.45) is 0. The molecule has 0 saturated carbocycles. The van der Waals surface area contributed by atoms with Gasteiger partial charge in [0, 0.05) is 39.7 Å². The van der Waals surface area contributed by atoms with E-state index in [-0.39, 0.29) is 16.1 Å². The van der Waals surface area contributed by atoms with E-state index in [4.69, 9.17) is 15.7 Å². The van der Waals surface area contributed by atoms with Gasteiger partial charge in [0.25, 0.3) is 10.0 Å². The van der Waals surface area contributed by atoms with Crippen molar-refractivity contribution < 1.29 is 22.1 Å². The number of halogens is 1. The molecule has 0 aliphatic carbocycles. The Labute approximate surface area is 255 Å². The lowest BCUT2D eigenvalue weighted by atomic mass is 9.78. The standard InChI is InChI=1S/C33H43ClN2O4S/c1-15-19(5)32(20(6)16(2)28(15)33(12,13)14)41(39,40)35-30-18(4)17(3)29(34)23(9)27(30)31(37)26-21(7)24(10)36(38)25(11)22(26)8/h35H,1-14H3/i12D3. The molecular formula is C33H43ClN2O4S. The molecule has 41 heavy (non-hydrogen) atoms. The molecule has 6 nitrogen and oxygen atoms in total. The second kappa shape index (κ2) is 10.7. The summed E-state index contributed by atoms with van der Waals surface area (Å²) in [6.45, 7) is 19.6. The van der Waals surface area contributed by atoms with Crippen molar-refractivity contribution >= 4 is 33.1 Å². The Balaban J connectivity index is 2.39. The molecule has 0 radical (unpaired) electrons. The fraction of sp³-hybridized carbons (Fsp3) is 0.455. The van der Waals surface area contributed by atoms with E-state index in [0.717, 1.165) is 4.73 Å². The molecule has 0 atom stereocenters. The van der Waals surface area contributed by atoms with E-state index in [9.17, 15) is 18.4 Å². The Morgan fingerprint density at radius 2 is 1.22 bits per heavy atom. The molecule has 3 rings (SSSR count). The quantitative estimate of drug-likeness (QED) is 0.184. The van der Waals surface area contributed by atoms with E-state index in [1.54, 1.807) is 90.0 Å². The number of anilines is 1. The number of hydrogen-bond acceptors (Lipinski definition) is 4. The molecule has 1 aromatic heterocycles. The van der Waals surface area contributed by atoms with Crippen molar-refractivity contribution in [3.63, 3.8) is 0 Å². The van der Waals surface area contributed by atoms with Gasteiger partial charge in [-0.3, -0.25) is 9.52 Å². The predicted molar refractivity (Wildman–Crippen MR) is 168 cm³/mol. The largest absolute Gasteiger partial charge is 0.618 e. The number of benzene rings is 2. The fourth-order valence-corrected chi connectivity index (χ4v) is 7.97. The molecule has 0 saturated heterocycles. The maximum absolute atomic E-state index is 14.4. The SMILES string of the molecule is [2H]C([2H])([2H])C(C)(C)c1c(C)c(C)c(S(=O)(=O)Nc2c(C)c(C)c(Cl)c(C)c2C(=O)c2c(C)c(C)[n+]([O-])c(C)c2C)c(C)c1C. The first-order valence-electron chi connectivity index (χ1n) is 15.0. The van der Waals surface area contributed by atoms with Crippen LogP contribution >= 0.6 is 11.6 Å². The van der Waals surface area contributed by atoms with Crippen LogP contribution in [0.1, 0.15) is 108 Å². The number of pyridine rings is 1. The number of sulfonamides is 1. The van der Waals surface area contributed by atoms with E-state index >= 15 is 0 Å². The van der Waals surface area contributed by atoms with Gasteiger partial charge < -0.3 is 5.21 Å². The average Bonchev–Trinajstić information content (AvgIpc) is 2.90. The maximum Gasteiger partial charge on any atom is 0.262 e. The van der Waals surface area contributed by atoms with Crippen LogP contribution in [-0.2, 0) is 15.4 Å². The molecule has 0 unspecified atom stereocenters. The summed E-state index contributed by atoms with van der Waals surface area (Å²) < 4.78 is 56.7. The molecule has 0 fully saturated rings. The van der Waals surface area contributed by atoms with Crippen LogP contribution in [0.15, 0.2) is 4.90 Å². The lowest BCUT2D eigenvalue weighted by Gasteiger charge is -2.29. The van der Waals surface area contributed by atoms with Gasteiger partial charge in [-0.15, -0.1) is 0 Å². The molecule has 3 aromatic rings. The lowest BCUT2D eigenvalue weighted by Crippen LogP contribution is -2.37. The highest BCUT2D eigenvalue weighted by Crippen LogP contribution is 2.40. The Morgan fingerprint density at radius 3 is 1.66 bits per heavy atom. The monoisotopic (exact) mass is 601 g/mol. The number of ketones is 1. The summed E-state index contributed by atoms with van der Waals surface area (Å²) in [5.74, 6) is -0.442. The fourth-order valence-electron chi connectivity index (χ4n) is 6.00. The zero-order valence-electron chi connectivity index (χ0n) is 29.4. The van der Waals surface area contributed by atoms with Gasteiger partial charge in [-0.1, -0.05) is 32.3 Å². The van der Waals surface area contributed by atoms with Crippen LogP contribution in [0.4, 0.5) is 5.69 Å². The molecule has 0 spiro atoms. The van der Waals surface area contributed by atoms with Gasteiger partial charge in [-0.05, 0) is 112 Å². The molecule has 0 bridgehead atoms. The van der Waals surface area contributed by atoms with Crippen LogP contribution in [0.25, 0.3) is 0 Å². The van der Waals surface area contributed by atoms with Gasteiger partial charge in [0.15, 0.2) is 17.2 Å². The van der Waals surface area contributed by atoms with Gasteiger partial charge in [0.1, 0.15) is 0 Å². The summed E-state index contributed by atoms with van der Waals surface area (Å²) in [4.78, 5) is 14.5. The number of carbonyl (C=O) groups is 1. The van der Waals surface area contributed by atoms with Gasteiger partial charge in [-0.2, -0.15) is 4.73 Å². The van der Waals surface area contributed by atoms with Gasteiger partial charge in [0.2, 0.25) is 0 Å². The summed E-state index contributed by atoms with van der Waals surface area (Å²) in [7, 11) is -4.31. The Morgan fingerprint density at radius 1 is 0.756 bits per heavy atom. The van der Waals surface area contributed by atoms with Crippen molar-refractivity contribution in [2.75, 3.05) is 4.72 Å². The molecule has 1 heterocycles. The van der Waals surface area contributed by atoms with Gasteiger partial charge >= 0.3 is 0 Å². The Bertz CT molecular complexity index is 1800. The van der Waals surface area contributed by atoms with E-state index in [2.05, 4.69) is 4.72 Å². The van der Waals surface area contributed by atoms with Crippen LogP contribution in [0.5, 0.6) is 0 Å². The number of hydrogen-bond donors (Lipinski definition) is 1. The van der Waals surface area contributed by atoms with Crippen LogP contribution < -0.4 is 9.45 Å². The molecule has 0 aliphatic heterocycles. The highest BCUT2D eigenvalue weighted by Gasteiger charge is 2.33. The van der Waals surface area contributed by atoms with Crippen LogP contribution in [0, 0.1) is 81.4 Å². The molecule has 8 heteroatoms. The molecular weight excluding hydrogens is 556 g/mol. The minimum atomic E-state index is -4.31. The topological polar surface area (TPSA) is 90.2 Å². The number of rotatable bonds is 5. The summed E-state index contributed by atoms with van der Waals surface area (Å²) in [5.41, 5.74) is 5.24. The maximum atomic E-state index is 14.4.